The van der Waals surface area contributed by atoms with E-state index in [-0.39, 0.29) is 18.6 Å². The van der Waals surface area contributed by atoms with Gasteiger partial charge in [0.1, 0.15) is 6.04 Å². The standard InChI is InChI=1S/C17H18N4O4/c1-20-9-12(8-18-20)19-16(22)13-3-2-6-21(13)17(23)11-4-5-14-15(7-11)25-10-24-14/h4-5,7-9,13H,2-3,6,10H2,1H3,(H,19,22)/t13-/m0/s1. The molecule has 1 N–H and O–H groups in total. The van der Waals surface area contributed by atoms with Gasteiger partial charge in [-0.15, -0.1) is 0 Å². The second kappa shape index (κ2) is 6.12. The molecule has 0 aliphatic carbocycles. The molecule has 0 radical (unpaired) electrons. The lowest BCUT2D eigenvalue weighted by Gasteiger charge is -2.24. The number of amides is 2. The zero-order valence-corrected chi connectivity index (χ0v) is 13.8. The van der Waals surface area contributed by atoms with Gasteiger partial charge in [-0.25, -0.2) is 0 Å². The molecule has 2 aromatic rings. The van der Waals surface area contributed by atoms with E-state index in [1.165, 1.54) is 0 Å². The van der Waals surface area contributed by atoms with Crippen molar-refractivity contribution in [3.63, 3.8) is 0 Å². The Morgan fingerprint density at radius 3 is 2.92 bits per heavy atom. The molecule has 0 bridgehead atoms. The van der Waals surface area contributed by atoms with Crippen molar-refractivity contribution < 1.29 is 19.1 Å². The Labute approximate surface area is 144 Å². The minimum atomic E-state index is -0.488. The molecular weight excluding hydrogens is 324 g/mol. The maximum Gasteiger partial charge on any atom is 0.254 e. The van der Waals surface area contributed by atoms with E-state index in [0.29, 0.717) is 35.7 Å². The van der Waals surface area contributed by atoms with Gasteiger partial charge in [-0.1, -0.05) is 0 Å². The largest absolute Gasteiger partial charge is 0.454 e. The number of aryl methyl sites for hydroxylation is 1. The topological polar surface area (TPSA) is 85.7 Å². The fourth-order valence-corrected chi connectivity index (χ4v) is 3.19. The second-order valence-corrected chi connectivity index (χ2v) is 6.12. The van der Waals surface area contributed by atoms with Gasteiger partial charge in [0.25, 0.3) is 5.91 Å². The summed E-state index contributed by atoms with van der Waals surface area (Å²) in [5.74, 6) is 0.812. The summed E-state index contributed by atoms with van der Waals surface area (Å²) >= 11 is 0. The van der Waals surface area contributed by atoms with Crippen LogP contribution in [0.2, 0.25) is 0 Å². The number of aromatic nitrogens is 2. The SMILES string of the molecule is Cn1cc(NC(=O)[C@@H]2CCCN2C(=O)c2ccc3c(c2)OCO3)cn1. The first kappa shape index (κ1) is 15.5. The molecule has 0 spiro atoms. The number of hydrogen-bond donors (Lipinski definition) is 1. The van der Waals surface area contributed by atoms with E-state index in [9.17, 15) is 9.59 Å². The molecule has 2 aliphatic rings. The van der Waals surface area contributed by atoms with Crippen LogP contribution < -0.4 is 14.8 Å². The quantitative estimate of drug-likeness (QED) is 0.911. The first-order valence-electron chi connectivity index (χ1n) is 8.12. The van der Waals surface area contributed by atoms with Crippen molar-refractivity contribution in [2.24, 2.45) is 7.05 Å². The Hall–Kier alpha value is -3.03. The molecule has 3 heterocycles. The third kappa shape index (κ3) is 2.90. The zero-order chi connectivity index (χ0) is 17.4. The van der Waals surface area contributed by atoms with E-state index in [2.05, 4.69) is 10.4 Å². The summed E-state index contributed by atoms with van der Waals surface area (Å²) in [6, 6.07) is 4.60. The fourth-order valence-electron chi connectivity index (χ4n) is 3.19. The maximum atomic E-state index is 12.9. The first-order chi connectivity index (χ1) is 12.1. The van der Waals surface area contributed by atoms with Gasteiger partial charge in [-0.3, -0.25) is 14.3 Å². The fraction of sp³-hybridized carbons (Fsp3) is 0.353. The third-order valence-electron chi connectivity index (χ3n) is 4.41. The molecule has 8 heteroatoms. The van der Waals surface area contributed by atoms with Crippen molar-refractivity contribution in [2.45, 2.75) is 18.9 Å². The number of ether oxygens (including phenoxy) is 2. The van der Waals surface area contributed by atoms with Crippen LogP contribution in [0.4, 0.5) is 5.69 Å². The van der Waals surface area contributed by atoms with Gasteiger partial charge in [0.2, 0.25) is 12.7 Å². The summed E-state index contributed by atoms with van der Waals surface area (Å²) in [4.78, 5) is 27.0. The highest BCUT2D eigenvalue weighted by Gasteiger charge is 2.35. The zero-order valence-electron chi connectivity index (χ0n) is 13.8. The minimum Gasteiger partial charge on any atom is -0.454 e. The van der Waals surface area contributed by atoms with E-state index in [0.717, 1.165) is 6.42 Å². The van der Waals surface area contributed by atoms with Gasteiger partial charge in [0.05, 0.1) is 11.9 Å². The van der Waals surface area contributed by atoms with Gasteiger partial charge >= 0.3 is 0 Å². The highest BCUT2D eigenvalue weighted by molar-refractivity contribution is 6.01. The van der Waals surface area contributed by atoms with Crippen LogP contribution in [0.25, 0.3) is 0 Å². The summed E-state index contributed by atoms with van der Waals surface area (Å²) in [6.45, 7) is 0.714. The van der Waals surface area contributed by atoms with Crippen LogP contribution in [0.3, 0.4) is 0 Å². The number of nitrogens with one attached hydrogen (secondary N) is 1. The highest BCUT2D eigenvalue weighted by atomic mass is 16.7. The smallest absolute Gasteiger partial charge is 0.254 e. The van der Waals surface area contributed by atoms with Gasteiger partial charge in [-0.05, 0) is 31.0 Å². The number of nitrogens with zero attached hydrogens (tertiary/aromatic N) is 3. The molecule has 0 saturated carbocycles. The van der Waals surface area contributed by atoms with Crippen molar-refractivity contribution in [3.8, 4) is 11.5 Å². The first-order valence-corrected chi connectivity index (χ1v) is 8.12. The molecule has 0 unspecified atom stereocenters. The molecule has 130 valence electrons. The molecule has 25 heavy (non-hydrogen) atoms. The van der Waals surface area contributed by atoms with Crippen molar-refractivity contribution in [1.82, 2.24) is 14.7 Å². The van der Waals surface area contributed by atoms with E-state index in [1.54, 1.807) is 47.2 Å². The Morgan fingerprint density at radius 2 is 2.12 bits per heavy atom. The predicted octanol–water partition coefficient (Wildman–Crippen LogP) is 1.39. The van der Waals surface area contributed by atoms with Crippen LogP contribution in [0.5, 0.6) is 11.5 Å². The molecule has 8 nitrogen and oxygen atoms in total. The van der Waals surface area contributed by atoms with E-state index < -0.39 is 6.04 Å². The van der Waals surface area contributed by atoms with E-state index in [1.807, 2.05) is 0 Å². The van der Waals surface area contributed by atoms with Gasteiger partial charge in [0, 0.05) is 25.4 Å². The van der Waals surface area contributed by atoms with Crippen molar-refractivity contribution in [2.75, 3.05) is 18.7 Å². The highest BCUT2D eigenvalue weighted by Crippen LogP contribution is 2.33. The molecule has 4 rings (SSSR count). The Kier molecular flexibility index (Phi) is 3.79. The Balaban J connectivity index is 1.50. The maximum absolute atomic E-state index is 12.9. The number of likely N-dealkylation sites (tertiary alicyclic amines) is 1. The predicted molar refractivity (Wildman–Crippen MR) is 88.5 cm³/mol. The molecule has 1 fully saturated rings. The summed E-state index contributed by atoms with van der Waals surface area (Å²) in [6.07, 6.45) is 4.73. The Morgan fingerprint density at radius 1 is 1.28 bits per heavy atom. The lowest BCUT2D eigenvalue weighted by atomic mass is 10.1. The summed E-state index contributed by atoms with van der Waals surface area (Å²) in [5, 5.41) is 6.85. The van der Waals surface area contributed by atoms with E-state index >= 15 is 0 Å². The minimum absolute atomic E-state index is 0.160. The number of hydrogen-bond acceptors (Lipinski definition) is 5. The second-order valence-electron chi connectivity index (χ2n) is 6.12. The van der Waals surface area contributed by atoms with Gasteiger partial charge in [0.15, 0.2) is 11.5 Å². The molecule has 1 aromatic heterocycles. The molecule has 1 aromatic carbocycles. The molecular formula is C17H18N4O4. The van der Waals surface area contributed by atoms with Crippen molar-refractivity contribution in [1.29, 1.82) is 0 Å². The molecule has 2 amide bonds. The van der Waals surface area contributed by atoms with Crippen LogP contribution >= 0.6 is 0 Å². The normalized spacial score (nSPS) is 18.4. The van der Waals surface area contributed by atoms with Crippen molar-refractivity contribution >= 4 is 17.5 Å². The number of anilines is 1. The van der Waals surface area contributed by atoms with Crippen LogP contribution in [-0.4, -0.2) is 45.9 Å². The molecule has 2 aliphatic heterocycles. The molecule has 1 saturated heterocycles. The monoisotopic (exact) mass is 342 g/mol. The number of benzene rings is 1. The Bertz CT molecular complexity index is 832. The lowest BCUT2D eigenvalue weighted by molar-refractivity contribution is -0.119. The number of fused-ring (bicyclic) bond motifs is 1. The third-order valence-corrected chi connectivity index (χ3v) is 4.41. The van der Waals surface area contributed by atoms with Crippen LogP contribution in [0, 0.1) is 0 Å². The summed E-state index contributed by atoms with van der Waals surface area (Å²) in [7, 11) is 1.78. The number of rotatable bonds is 3. The number of carbonyl (C=O) groups is 2. The van der Waals surface area contributed by atoms with Crippen molar-refractivity contribution in [3.05, 3.63) is 36.2 Å². The van der Waals surface area contributed by atoms with Gasteiger partial charge in [-0.2, -0.15) is 5.10 Å². The molecule has 1 atom stereocenters. The summed E-state index contributed by atoms with van der Waals surface area (Å²) in [5.41, 5.74) is 1.11. The average Bonchev–Trinajstić information content (AvgIpc) is 3.33. The van der Waals surface area contributed by atoms with Gasteiger partial charge < -0.3 is 19.7 Å². The van der Waals surface area contributed by atoms with Crippen LogP contribution in [0.15, 0.2) is 30.6 Å². The lowest BCUT2D eigenvalue weighted by Crippen LogP contribution is -2.43. The van der Waals surface area contributed by atoms with E-state index in [4.69, 9.17) is 9.47 Å². The number of carbonyl (C=O) groups excluding carboxylic acids is 2. The average molecular weight is 342 g/mol. The summed E-state index contributed by atoms with van der Waals surface area (Å²) < 4.78 is 12.2. The van der Waals surface area contributed by atoms with Crippen LogP contribution in [0.1, 0.15) is 23.2 Å². The van der Waals surface area contributed by atoms with Crippen LogP contribution in [-0.2, 0) is 11.8 Å².